The lowest BCUT2D eigenvalue weighted by molar-refractivity contribution is -0.137. The number of hydrogen-bond acceptors (Lipinski definition) is 5. The van der Waals surface area contributed by atoms with Crippen LogP contribution >= 0.6 is 0 Å². The second-order valence-electron chi connectivity index (χ2n) is 7.06. The van der Waals surface area contributed by atoms with E-state index in [1.54, 1.807) is 38.5 Å². The van der Waals surface area contributed by atoms with E-state index in [1.165, 1.54) is 29.2 Å². The van der Waals surface area contributed by atoms with Crippen molar-refractivity contribution < 1.29 is 22.5 Å². The molecule has 3 heterocycles. The summed E-state index contributed by atoms with van der Waals surface area (Å²) in [6, 6.07) is 10.0. The molecule has 0 spiro atoms. The van der Waals surface area contributed by atoms with Gasteiger partial charge in [-0.05, 0) is 36.8 Å². The summed E-state index contributed by atoms with van der Waals surface area (Å²) in [5.41, 5.74) is 0.468. The van der Waals surface area contributed by atoms with Crippen molar-refractivity contribution in [3.05, 3.63) is 77.2 Å². The molecule has 1 amide bonds. The average molecular weight is 426 g/mol. The first-order valence-electron chi connectivity index (χ1n) is 9.33. The molecule has 0 unspecified atom stereocenters. The predicted octanol–water partition coefficient (Wildman–Crippen LogP) is 4.88. The van der Waals surface area contributed by atoms with Gasteiger partial charge in [0.15, 0.2) is 0 Å². The number of carbonyl (C=O) groups is 1. The van der Waals surface area contributed by atoms with Crippen molar-refractivity contribution in [3.8, 4) is 11.3 Å². The number of nitrogens with zero attached hydrogens (tertiary/aromatic N) is 4. The first kappa shape index (κ1) is 20.5. The zero-order valence-corrected chi connectivity index (χ0v) is 16.6. The van der Waals surface area contributed by atoms with E-state index in [1.807, 2.05) is 0 Å². The number of rotatable bonds is 4. The normalized spacial score (nSPS) is 11.6. The minimum Gasteiger partial charge on any atom is -0.337 e. The first-order chi connectivity index (χ1) is 14.8. The fourth-order valence-corrected chi connectivity index (χ4v) is 3.39. The van der Waals surface area contributed by atoms with Crippen LogP contribution in [0.5, 0.6) is 0 Å². The van der Waals surface area contributed by atoms with Crippen molar-refractivity contribution in [2.24, 2.45) is 0 Å². The molecule has 0 aliphatic rings. The third-order valence-corrected chi connectivity index (χ3v) is 4.87. The number of aryl methyl sites for hydroxylation is 1. The third kappa shape index (κ3) is 3.98. The number of benzene rings is 1. The van der Waals surface area contributed by atoms with Crippen LogP contribution in [-0.4, -0.2) is 33.0 Å². The highest BCUT2D eigenvalue weighted by Gasteiger charge is 2.34. The summed E-state index contributed by atoms with van der Waals surface area (Å²) in [6.45, 7) is 1.94. The van der Waals surface area contributed by atoms with Crippen LogP contribution in [0.15, 0.2) is 59.4 Å². The van der Waals surface area contributed by atoms with E-state index in [0.717, 1.165) is 11.6 Å². The van der Waals surface area contributed by atoms with Gasteiger partial charge in [-0.25, -0.2) is 4.98 Å². The Morgan fingerprint density at radius 3 is 2.55 bits per heavy atom. The molecule has 0 N–H and O–H groups in total. The van der Waals surface area contributed by atoms with E-state index in [-0.39, 0.29) is 28.4 Å². The summed E-state index contributed by atoms with van der Waals surface area (Å²) >= 11 is 0. The Kier molecular flexibility index (Phi) is 5.18. The van der Waals surface area contributed by atoms with E-state index < -0.39 is 11.7 Å². The summed E-state index contributed by atoms with van der Waals surface area (Å²) < 4.78 is 45.8. The number of fused-ring (bicyclic) bond motifs is 1. The molecular formula is C22H17F3N4O2. The van der Waals surface area contributed by atoms with E-state index in [0.29, 0.717) is 17.6 Å². The summed E-state index contributed by atoms with van der Waals surface area (Å²) in [5, 5.41) is 4.22. The van der Waals surface area contributed by atoms with Crippen LogP contribution in [0.4, 0.5) is 13.2 Å². The lowest BCUT2D eigenvalue weighted by atomic mass is 10.0. The molecule has 0 fully saturated rings. The number of aromatic nitrogens is 3. The maximum atomic E-state index is 13.5. The van der Waals surface area contributed by atoms with Crippen molar-refractivity contribution in [2.45, 2.75) is 19.6 Å². The molecule has 6 nitrogen and oxygen atoms in total. The molecule has 4 rings (SSSR count). The number of alkyl halides is 3. The number of hydrogen-bond donors (Lipinski definition) is 0. The highest BCUT2D eigenvalue weighted by Crippen LogP contribution is 2.37. The Morgan fingerprint density at radius 2 is 1.84 bits per heavy atom. The molecule has 0 bridgehead atoms. The van der Waals surface area contributed by atoms with Crippen LogP contribution in [-0.2, 0) is 12.7 Å². The van der Waals surface area contributed by atoms with Gasteiger partial charge in [0, 0.05) is 31.5 Å². The standard InChI is InChI=1S/C22H17F3N4O2/c1-13-19-16(21(30)29(2)12-14-7-9-26-10-8-14)11-18(27-20(19)31-28-13)15-5-3-4-6-17(15)22(23,24)25/h3-11H,12H2,1-2H3. The van der Waals surface area contributed by atoms with E-state index in [9.17, 15) is 18.0 Å². The smallest absolute Gasteiger partial charge is 0.337 e. The predicted molar refractivity (Wildman–Crippen MR) is 107 cm³/mol. The Morgan fingerprint density at radius 1 is 1.13 bits per heavy atom. The van der Waals surface area contributed by atoms with Crippen molar-refractivity contribution in [1.82, 2.24) is 20.0 Å². The Hall–Kier alpha value is -3.75. The van der Waals surface area contributed by atoms with Crippen LogP contribution < -0.4 is 0 Å². The van der Waals surface area contributed by atoms with Gasteiger partial charge >= 0.3 is 6.18 Å². The molecule has 0 aliphatic carbocycles. The largest absolute Gasteiger partial charge is 0.417 e. The molecule has 1 aromatic carbocycles. The van der Waals surface area contributed by atoms with Crippen LogP contribution in [0.3, 0.4) is 0 Å². The molecule has 3 aromatic heterocycles. The Balaban J connectivity index is 1.83. The number of carbonyl (C=O) groups excluding carboxylic acids is 1. The van der Waals surface area contributed by atoms with Crippen molar-refractivity contribution in [3.63, 3.8) is 0 Å². The van der Waals surface area contributed by atoms with Gasteiger partial charge in [-0.3, -0.25) is 9.78 Å². The summed E-state index contributed by atoms with van der Waals surface area (Å²) in [7, 11) is 1.61. The van der Waals surface area contributed by atoms with Gasteiger partial charge in [-0.2, -0.15) is 13.2 Å². The van der Waals surface area contributed by atoms with Gasteiger partial charge in [0.2, 0.25) is 0 Å². The zero-order valence-electron chi connectivity index (χ0n) is 16.6. The van der Waals surface area contributed by atoms with Gasteiger partial charge in [0.05, 0.1) is 27.9 Å². The fourth-order valence-electron chi connectivity index (χ4n) is 3.39. The number of pyridine rings is 2. The molecule has 31 heavy (non-hydrogen) atoms. The van der Waals surface area contributed by atoms with Gasteiger partial charge < -0.3 is 9.42 Å². The topological polar surface area (TPSA) is 72.1 Å². The highest BCUT2D eigenvalue weighted by atomic mass is 19.4. The molecule has 158 valence electrons. The minimum absolute atomic E-state index is 0.00707. The maximum Gasteiger partial charge on any atom is 0.417 e. The van der Waals surface area contributed by atoms with Crippen LogP contribution in [0, 0.1) is 6.92 Å². The van der Waals surface area contributed by atoms with E-state index >= 15 is 0 Å². The second-order valence-corrected chi connectivity index (χ2v) is 7.06. The number of amides is 1. The fraction of sp³-hybridized carbons (Fsp3) is 0.182. The molecule has 9 heteroatoms. The monoisotopic (exact) mass is 426 g/mol. The van der Waals surface area contributed by atoms with E-state index in [2.05, 4.69) is 15.1 Å². The Labute approximate surface area is 175 Å². The van der Waals surface area contributed by atoms with Crippen LogP contribution in [0.2, 0.25) is 0 Å². The van der Waals surface area contributed by atoms with Gasteiger partial charge in [0.1, 0.15) is 0 Å². The lowest BCUT2D eigenvalue weighted by Gasteiger charge is -2.18. The molecule has 0 radical (unpaired) electrons. The zero-order chi connectivity index (χ0) is 22.2. The minimum atomic E-state index is -4.58. The quantitative estimate of drug-likeness (QED) is 0.465. The average Bonchev–Trinajstić information content (AvgIpc) is 3.13. The van der Waals surface area contributed by atoms with Gasteiger partial charge in [0.25, 0.3) is 11.6 Å². The van der Waals surface area contributed by atoms with Crippen molar-refractivity contribution in [2.75, 3.05) is 7.05 Å². The first-order valence-corrected chi connectivity index (χ1v) is 9.33. The highest BCUT2D eigenvalue weighted by molar-refractivity contribution is 6.07. The SMILES string of the molecule is Cc1noc2nc(-c3ccccc3C(F)(F)F)cc(C(=O)N(C)Cc3ccncc3)c12. The van der Waals surface area contributed by atoms with Crippen LogP contribution in [0.25, 0.3) is 22.4 Å². The number of halogens is 3. The maximum absolute atomic E-state index is 13.5. The summed E-state index contributed by atoms with van der Waals surface area (Å²) in [6.07, 6.45) is -1.34. The second kappa shape index (κ2) is 7.82. The molecule has 4 aromatic rings. The molecular weight excluding hydrogens is 409 g/mol. The van der Waals surface area contributed by atoms with Crippen molar-refractivity contribution in [1.29, 1.82) is 0 Å². The summed E-state index contributed by atoms with van der Waals surface area (Å²) in [4.78, 5) is 22.9. The third-order valence-electron chi connectivity index (χ3n) is 4.87. The molecule has 0 atom stereocenters. The van der Waals surface area contributed by atoms with Gasteiger partial charge in [-0.1, -0.05) is 23.4 Å². The molecule has 0 saturated heterocycles. The Bertz CT molecular complexity index is 1250. The summed E-state index contributed by atoms with van der Waals surface area (Å²) in [5.74, 6) is -0.388. The molecule has 0 aliphatic heterocycles. The van der Waals surface area contributed by atoms with Crippen molar-refractivity contribution >= 4 is 17.0 Å². The van der Waals surface area contributed by atoms with Crippen LogP contribution in [0.1, 0.15) is 27.2 Å². The lowest BCUT2D eigenvalue weighted by Crippen LogP contribution is -2.26. The van der Waals surface area contributed by atoms with Gasteiger partial charge in [-0.15, -0.1) is 0 Å². The molecule has 0 saturated carbocycles. The van der Waals surface area contributed by atoms with E-state index in [4.69, 9.17) is 4.52 Å².